The molecule has 16 heavy (non-hydrogen) atoms. The lowest BCUT2D eigenvalue weighted by molar-refractivity contribution is 0.134. The molecule has 0 saturated heterocycles. The van der Waals surface area contributed by atoms with Crippen molar-refractivity contribution in [3.63, 3.8) is 0 Å². The van der Waals surface area contributed by atoms with Crippen LogP contribution < -0.4 is 0 Å². The Kier molecular flexibility index (Phi) is 4.34. The standard InChI is InChI=1S/C13H21ClN2/c1-10(13(2,3)4)16(5)9-11-7-6-8-15-12(11)14/h6-8,10H,9H2,1-5H3. The molecule has 0 bridgehead atoms. The van der Waals surface area contributed by atoms with Crippen molar-refractivity contribution in [1.82, 2.24) is 9.88 Å². The van der Waals surface area contributed by atoms with E-state index in [9.17, 15) is 0 Å². The first-order valence-corrected chi connectivity index (χ1v) is 6.00. The molecule has 1 rings (SSSR count). The molecule has 0 fully saturated rings. The van der Waals surface area contributed by atoms with Crippen molar-refractivity contribution in [2.24, 2.45) is 5.41 Å². The third kappa shape index (κ3) is 3.46. The van der Waals surface area contributed by atoms with Crippen molar-refractivity contribution >= 4 is 11.6 Å². The predicted molar refractivity (Wildman–Crippen MR) is 69.6 cm³/mol. The largest absolute Gasteiger partial charge is 0.299 e. The zero-order valence-corrected chi connectivity index (χ0v) is 11.5. The molecule has 0 spiro atoms. The van der Waals surface area contributed by atoms with Gasteiger partial charge >= 0.3 is 0 Å². The van der Waals surface area contributed by atoms with Crippen LogP contribution in [0.15, 0.2) is 18.3 Å². The third-order valence-corrected chi connectivity index (χ3v) is 3.51. The van der Waals surface area contributed by atoms with Gasteiger partial charge in [0.2, 0.25) is 0 Å². The molecule has 3 heteroatoms. The van der Waals surface area contributed by atoms with Gasteiger partial charge in [-0.15, -0.1) is 0 Å². The normalized spacial score (nSPS) is 14.2. The summed E-state index contributed by atoms with van der Waals surface area (Å²) in [4.78, 5) is 6.40. The highest BCUT2D eigenvalue weighted by atomic mass is 35.5. The van der Waals surface area contributed by atoms with E-state index in [1.807, 2.05) is 12.1 Å². The lowest BCUT2D eigenvalue weighted by Gasteiger charge is -2.35. The van der Waals surface area contributed by atoms with Crippen LogP contribution in [-0.2, 0) is 6.54 Å². The molecule has 0 N–H and O–H groups in total. The molecule has 2 nitrogen and oxygen atoms in total. The topological polar surface area (TPSA) is 16.1 Å². The summed E-state index contributed by atoms with van der Waals surface area (Å²) in [6.45, 7) is 9.83. The summed E-state index contributed by atoms with van der Waals surface area (Å²) < 4.78 is 0. The molecular formula is C13H21ClN2. The fraction of sp³-hybridized carbons (Fsp3) is 0.615. The maximum atomic E-state index is 6.05. The number of nitrogens with zero attached hydrogens (tertiary/aromatic N) is 2. The van der Waals surface area contributed by atoms with Crippen molar-refractivity contribution in [2.45, 2.75) is 40.3 Å². The van der Waals surface area contributed by atoms with E-state index in [0.717, 1.165) is 12.1 Å². The maximum Gasteiger partial charge on any atom is 0.133 e. The molecule has 0 aromatic carbocycles. The summed E-state index contributed by atoms with van der Waals surface area (Å²) in [6, 6.07) is 4.45. The molecule has 1 heterocycles. The first-order valence-electron chi connectivity index (χ1n) is 5.62. The van der Waals surface area contributed by atoms with Gasteiger partial charge in [0.1, 0.15) is 5.15 Å². The van der Waals surface area contributed by atoms with Gasteiger partial charge in [0.15, 0.2) is 0 Å². The van der Waals surface area contributed by atoms with Gasteiger partial charge in [-0.25, -0.2) is 4.98 Å². The van der Waals surface area contributed by atoms with Gasteiger partial charge in [0.25, 0.3) is 0 Å². The third-order valence-electron chi connectivity index (χ3n) is 3.17. The first-order chi connectivity index (χ1) is 7.32. The number of aromatic nitrogens is 1. The molecule has 0 aliphatic carbocycles. The van der Waals surface area contributed by atoms with Gasteiger partial charge < -0.3 is 0 Å². The summed E-state index contributed by atoms with van der Waals surface area (Å²) in [5.41, 5.74) is 1.35. The van der Waals surface area contributed by atoms with Crippen LogP contribution in [0, 0.1) is 5.41 Å². The van der Waals surface area contributed by atoms with Crippen molar-refractivity contribution in [3.05, 3.63) is 29.0 Å². The second-order valence-electron chi connectivity index (χ2n) is 5.41. The molecule has 90 valence electrons. The molecule has 1 aromatic rings. The van der Waals surface area contributed by atoms with E-state index in [1.165, 1.54) is 0 Å². The molecule has 0 aliphatic heterocycles. The zero-order chi connectivity index (χ0) is 12.3. The lowest BCUT2D eigenvalue weighted by atomic mass is 9.87. The highest BCUT2D eigenvalue weighted by Gasteiger charge is 2.24. The number of hydrogen-bond acceptors (Lipinski definition) is 2. The Hall–Kier alpha value is -0.600. The van der Waals surface area contributed by atoms with E-state index < -0.39 is 0 Å². The highest BCUT2D eigenvalue weighted by Crippen LogP contribution is 2.25. The monoisotopic (exact) mass is 240 g/mol. The lowest BCUT2D eigenvalue weighted by Crippen LogP contribution is -2.38. The van der Waals surface area contributed by atoms with E-state index in [-0.39, 0.29) is 5.41 Å². The van der Waals surface area contributed by atoms with E-state index >= 15 is 0 Å². The van der Waals surface area contributed by atoms with Crippen molar-refractivity contribution < 1.29 is 0 Å². The summed E-state index contributed by atoms with van der Waals surface area (Å²) in [5.74, 6) is 0. The summed E-state index contributed by atoms with van der Waals surface area (Å²) >= 11 is 6.05. The van der Waals surface area contributed by atoms with Gasteiger partial charge in [-0.2, -0.15) is 0 Å². The van der Waals surface area contributed by atoms with Crippen LogP contribution in [0.25, 0.3) is 0 Å². The smallest absolute Gasteiger partial charge is 0.133 e. The van der Waals surface area contributed by atoms with Crippen LogP contribution >= 0.6 is 11.6 Å². The number of pyridine rings is 1. The minimum Gasteiger partial charge on any atom is -0.299 e. The fourth-order valence-electron chi connectivity index (χ4n) is 1.60. The second-order valence-corrected chi connectivity index (χ2v) is 5.77. The van der Waals surface area contributed by atoms with Crippen molar-refractivity contribution in [1.29, 1.82) is 0 Å². The molecule has 1 aromatic heterocycles. The Morgan fingerprint density at radius 1 is 1.44 bits per heavy atom. The number of rotatable bonds is 3. The van der Waals surface area contributed by atoms with E-state index in [1.54, 1.807) is 6.20 Å². The quantitative estimate of drug-likeness (QED) is 0.751. The van der Waals surface area contributed by atoms with Crippen LogP contribution in [0.4, 0.5) is 0 Å². The summed E-state index contributed by atoms with van der Waals surface area (Å²) in [7, 11) is 2.12. The minimum atomic E-state index is 0.267. The minimum absolute atomic E-state index is 0.267. The first kappa shape index (κ1) is 13.5. The van der Waals surface area contributed by atoms with Crippen LogP contribution in [0.5, 0.6) is 0 Å². The zero-order valence-electron chi connectivity index (χ0n) is 10.8. The van der Waals surface area contributed by atoms with Gasteiger partial charge in [0.05, 0.1) is 0 Å². The fourth-order valence-corrected chi connectivity index (χ4v) is 1.78. The van der Waals surface area contributed by atoms with Crippen LogP contribution in [-0.4, -0.2) is 23.0 Å². The molecule has 1 unspecified atom stereocenters. The van der Waals surface area contributed by atoms with E-state index in [4.69, 9.17) is 11.6 Å². The molecule has 1 atom stereocenters. The van der Waals surface area contributed by atoms with Crippen LogP contribution in [0.2, 0.25) is 5.15 Å². The van der Waals surface area contributed by atoms with E-state index in [0.29, 0.717) is 11.2 Å². The van der Waals surface area contributed by atoms with E-state index in [2.05, 4.69) is 44.6 Å². The van der Waals surface area contributed by atoms with Gasteiger partial charge in [-0.05, 0) is 25.5 Å². The molecule has 0 aliphatic rings. The number of hydrogen-bond donors (Lipinski definition) is 0. The Balaban J connectivity index is 2.72. The molecule has 0 saturated carbocycles. The molecule has 0 amide bonds. The SMILES string of the molecule is CC(N(C)Cc1cccnc1Cl)C(C)(C)C. The Labute approximate surface area is 104 Å². The Morgan fingerprint density at radius 3 is 2.56 bits per heavy atom. The average Bonchev–Trinajstić information content (AvgIpc) is 2.19. The van der Waals surface area contributed by atoms with Gasteiger partial charge in [0, 0.05) is 24.3 Å². The number of halogens is 1. The van der Waals surface area contributed by atoms with Crippen LogP contribution in [0.3, 0.4) is 0 Å². The average molecular weight is 241 g/mol. The summed E-state index contributed by atoms with van der Waals surface area (Å²) in [6.07, 6.45) is 1.72. The molecule has 0 radical (unpaired) electrons. The van der Waals surface area contributed by atoms with Gasteiger partial charge in [-0.1, -0.05) is 38.4 Å². The van der Waals surface area contributed by atoms with Crippen molar-refractivity contribution in [2.75, 3.05) is 7.05 Å². The second kappa shape index (κ2) is 5.15. The maximum absolute atomic E-state index is 6.05. The molecular weight excluding hydrogens is 220 g/mol. The Bertz CT molecular complexity index is 344. The van der Waals surface area contributed by atoms with Crippen molar-refractivity contribution in [3.8, 4) is 0 Å². The van der Waals surface area contributed by atoms with Crippen LogP contribution in [0.1, 0.15) is 33.3 Å². The summed E-state index contributed by atoms with van der Waals surface area (Å²) in [5, 5.41) is 0.607. The highest BCUT2D eigenvalue weighted by molar-refractivity contribution is 6.30. The van der Waals surface area contributed by atoms with Gasteiger partial charge in [-0.3, -0.25) is 4.90 Å². The predicted octanol–water partition coefficient (Wildman–Crippen LogP) is 3.60. The Morgan fingerprint density at radius 2 is 2.06 bits per heavy atom.